The van der Waals surface area contributed by atoms with Crippen LogP contribution in [0, 0.1) is 5.92 Å². The number of hydrogen-bond acceptors (Lipinski definition) is 5. The van der Waals surface area contributed by atoms with Gasteiger partial charge in [0.2, 0.25) is 0 Å². The Hall–Kier alpha value is -0.160. The van der Waals surface area contributed by atoms with Crippen molar-refractivity contribution in [1.29, 1.82) is 0 Å². The zero-order chi connectivity index (χ0) is 17.9. The Balaban J connectivity index is 0.00000338. The summed E-state index contributed by atoms with van der Waals surface area (Å²) in [6, 6.07) is 0. The lowest BCUT2D eigenvalue weighted by Crippen LogP contribution is -2.47. The van der Waals surface area contributed by atoms with Crippen LogP contribution < -0.4 is 11.1 Å². The van der Waals surface area contributed by atoms with Gasteiger partial charge in [-0.15, -0.1) is 24.0 Å². The number of piperazine rings is 1. The van der Waals surface area contributed by atoms with E-state index >= 15 is 0 Å². The van der Waals surface area contributed by atoms with Crippen LogP contribution in [0.2, 0.25) is 0 Å². The molecule has 0 amide bonds. The highest BCUT2D eigenvalue weighted by Crippen LogP contribution is 2.06. The summed E-state index contributed by atoms with van der Waals surface area (Å²) in [5.41, 5.74) is 6.00. The number of likely N-dealkylation sites (N-methyl/N-ethyl adjacent to an activating group) is 1. The van der Waals surface area contributed by atoms with Crippen LogP contribution in [-0.4, -0.2) is 106 Å². The Labute approximate surface area is 176 Å². The van der Waals surface area contributed by atoms with Gasteiger partial charge in [-0.3, -0.25) is 9.89 Å². The zero-order valence-electron chi connectivity index (χ0n) is 16.7. The molecule has 2 saturated heterocycles. The van der Waals surface area contributed by atoms with Crippen LogP contribution in [0.4, 0.5) is 0 Å². The summed E-state index contributed by atoms with van der Waals surface area (Å²) >= 11 is 0. The number of halogens is 1. The van der Waals surface area contributed by atoms with E-state index in [0.717, 1.165) is 58.9 Å². The van der Waals surface area contributed by atoms with E-state index in [-0.39, 0.29) is 24.0 Å². The van der Waals surface area contributed by atoms with E-state index in [9.17, 15) is 0 Å². The second kappa shape index (κ2) is 13.9. The molecule has 1 unspecified atom stereocenters. The normalized spacial score (nSPS) is 22.0. The van der Waals surface area contributed by atoms with Crippen molar-refractivity contribution in [2.45, 2.75) is 20.3 Å². The van der Waals surface area contributed by atoms with Crippen LogP contribution >= 0.6 is 24.0 Å². The molecule has 2 aliphatic rings. The standard InChI is InChI=1S/C18H38N6O.HI/c1-3-22-7-9-24(10-8-22)16-17(2)15-21-18(19)20-5-4-6-23-11-13-25-14-12-23;/h17H,3-16H2,1-2H3,(H3,19,20,21);1H. The highest BCUT2D eigenvalue weighted by molar-refractivity contribution is 14.0. The lowest BCUT2D eigenvalue weighted by molar-refractivity contribution is 0.0376. The van der Waals surface area contributed by atoms with E-state index in [1.165, 1.54) is 32.7 Å². The number of ether oxygens (including phenoxy) is 1. The van der Waals surface area contributed by atoms with Gasteiger partial charge in [0.25, 0.3) is 0 Å². The van der Waals surface area contributed by atoms with E-state index < -0.39 is 0 Å². The number of guanidine groups is 1. The second-order valence-electron chi connectivity index (χ2n) is 7.30. The fourth-order valence-corrected chi connectivity index (χ4v) is 3.44. The maximum absolute atomic E-state index is 6.00. The van der Waals surface area contributed by atoms with E-state index in [0.29, 0.717) is 11.9 Å². The summed E-state index contributed by atoms with van der Waals surface area (Å²) in [5, 5.41) is 3.24. The molecule has 154 valence electrons. The minimum atomic E-state index is 0. The van der Waals surface area contributed by atoms with Crippen molar-refractivity contribution in [3.8, 4) is 0 Å². The largest absolute Gasteiger partial charge is 0.379 e. The Kier molecular flexibility index (Phi) is 12.8. The predicted octanol–water partition coefficient (Wildman–Crippen LogP) is 0.505. The summed E-state index contributed by atoms with van der Waals surface area (Å²) < 4.78 is 5.36. The van der Waals surface area contributed by atoms with Crippen LogP contribution in [0.1, 0.15) is 20.3 Å². The molecule has 0 spiro atoms. The van der Waals surface area contributed by atoms with Crippen LogP contribution in [-0.2, 0) is 4.74 Å². The van der Waals surface area contributed by atoms with Crippen molar-refractivity contribution in [2.24, 2.45) is 16.6 Å². The first-order chi connectivity index (χ1) is 12.2. The highest BCUT2D eigenvalue weighted by Gasteiger charge is 2.17. The molecule has 0 bridgehead atoms. The molecule has 8 heteroatoms. The van der Waals surface area contributed by atoms with Crippen molar-refractivity contribution in [1.82, 2.24) is 20.0 Å². The number of aliphatic imine (C=N–C) groups is 1. The summed E-state index contributed by atoms with van der Waals surface area (Å²) in [4.78, 5) is 12.0. The third-order valence-electron chi connectivity index (χ3n) is 5.12. The summed E-state index contributed by atoms with van der Waals surface area (Å²) in [6.45, 7) is 18.1. The molecule has 0 aliphatic carbocycles. The molecule has 0 aromatic carbocycles. The van der Waals surface area contributed by atoms with Gasteiger partial charge < -0.3 is 25.6 Å². The number of morpholine rings is 1. The summed E-state index contributed by atoms with van der Waals surface area (Å²) in [6.07, 6.45) is 1.09. The van der Waals surface area contributed by atoms with Gasteiger partial charge in [-0.05, 0) is 25.4 Å². The molecule has 2 fully saturated rings. The fraction of sp³-hybridized carbons (Fsp3) is 0.944. The van der Waals surface area contributed by atoms with Gasteiger partial charge in [0.05, 0.1) is 13.2 Å². The third kappa shape index (κ3) is 9.68. The van der Waals surface area contributed by atoms with Crippen LogP contribution in [0.3, 0.4) is 0 Å². The van der Waals surface area contributed by atoms with E-state index in [2.05, 4.69) is 38.9 Å². The van der Waals surface area contributed by atoms with E-state index in [4.69, 9.17) is 10.5 Å². The molecule has 2 aliphatic heterocycles. The maximum Gasteiger partial charge on any atom is 0.188 e. The lowest BCUT2D eigenvalue weighted by atomic mass is 10.1. The molecule has 2 heterocycles. The van der Waals surface area contributed by atoms with Gasteiger partial charge >= 0.3 is 0 Å². The van der Waals surface area contributed by atoms with Gasteiger partial charge in [0.1, 0.15) is 0 Å². The summed E-state index contributed by atoms with van der Waals surface area (Å²) in [5.74, 6) is 1.13. The highest BCUT2D eigenvalue weighted by atomic mass is 127. The van der Waals surface area contributed by atoms with Crippen molar-refractivity contribution in [2.75, 3.05) is 85.2 Å². The Morgan fingerprint density at radius 3 is 2.38 bits per heavy atom. The van der Waals surface area contributed by atoms with Crippen molar-refractivity contribution >= 4 is 29.9 Å². The van der Waals surface area contributed by atoms with Crippen LogP contribution in [0.5, 0.6) is 0 Å². The molecule has 2 rings (SSSR count). The first-order valence-electron chi connectivity index (χ1n) is 9.96. The number of nitrogens with two attached hydrogens (primary N) is 1. The second-order valence-corrected chi connectivity index (χ2v) is 7.30. The predicted molar refractivity (Wildman–Crippen MR) is 120 cm³/mol. The number of nitrogens with zero attached hydrogens (tertiary/aromatic N) is 4. The minimum Gasteiger partial charge on any atom is -0.379 e. The molecule has 26 heavy (non-hydrogen) atoms. The van der Waals surface area contributed by atoms with Crippen molar-refractivity contribution in [3.05, 3.63) is 0 Å². The van der Waals surface area contributed by atoms with Crippen molar-refractivity contribution in [3.63, 3.8) is 0 Å². The Morgan fingerprint density at radius 2 is 1.73 bits per heavy atom. The van der Waals surface area contributed by atoms with Gasteiger partial charge in [0, 0.05) is 58.9 Å². The number of hydrogen-bond donors (Lipinski definition) is 2. The van der Waals surface area contributed by atoms with Crippen LogP contribution in [0.25, 0.3) is 0 Å². The Morgan fingerprint density at radius 1 is 1.08 bits per heavy atom. The first kappa shape index (κ1) is 23.9. The minimum absolute atomic E-state index is 0. The average Bonchev–Trinajstić information content (AvgIpc) is 2.65. The number of rotatable bonds is 9. The number of nitrogens with one attached hydrogen (secondary N) is 1. The molecule has 0 saturated carbocycles. The molecular formula is C18H39IN6O. The van der Waals surface area contributed by atoms with Gasteiger partial charge in [0.15, 0.2) is 5.96 Å². The molecule has 0 radical (unpaired) electrons. The van der Waals surface area contributed by atoms with Gasteiger partial charge in [-0.1, -0.05) is 13.8 Å². The van der Waals surface area contributed by atoms with Gasteiger partial charge in [-0.25, -0.2) is 0 Å². The van der Waals surface area contributed by atoms with E-state index in [1.54, 1.807) is 0 Å². The van der Waals surface area contributed by atoms with Crippen molar-refractivity contribution < 1.29 is 4.74 Å². The lowest BCUT2D eigenvalue weighted by Gasteiger charge is -2.35. The maximum atomic E-state index is 6.00. The first-order valence-corrected chi connectivity index (χ1v) is 9.96. The smallest absolute Gasteiger partial charge is 0.188 e. The molecule has 0 aromatic heterocycles. The van der Waals surface area contributed by atoms with Gasteiger partial charge in [-0.2, -0.15) is 0 Å². The SMILES string of the molecule is CCN1CCN(CC(C)CN=C(N)NCCCN2CCOCC2)CC1.I. The average molecular weight is 482 g/mol. The topological polar surface area (TPSA) is 69.4 Å². The van der Waals surface area contributed by atoms with E-state index in [1.807, 2.05) is 0 Å². The fourth-order valence-electron chi connectivity index (χ4n) is 3.44. The quantitative estimate of drug-likeness (QED) is 0.216. The third-order valence-corrected chi connectivity index (χ3v) is 5.12. The molecule has 7 nitrogen and oxygen atoms in total. The Bertz CT molecular complexity index is 384. The molecule has 1 atom stereocenters. The molecular weight excluding hydrogens is 443 g/mol. The molecule has 0 aromatic rings. The summed E-state index contributed by atoms with van der Waals surface area (Å²) in [7, 11) is 0. The van der Waals surface area contributed by atoms with Crippen LogP contribution in [0.15, 0.2) is 4.99 Å². The molecule has 3 N–H and O–H groups in total. The monoisotopic (exact) mass is 482 g/mol. The zero-order valence-corrected chi connectivity index (χ0v) is 19.0.